The second-order valence-electron chi connectivity index (χ2n) is 10.7. The van der Waals surface area contributed by atoms with Gasteiger partial charge in [0, 0.05) is 61.3 Å². The summed E-state index contributed by atoms with van der Waals surface area (Å²) in [6, 6.07) is 12.9. The number of piperazine rings is 1. The second-order valence-corrected chi connectivity index (χ2v) is 12.2. The van der Waals surface area contributed by atoms with Crippen molar-refractivity contribution in [3.05, 3.63) is 69.7 Å². The van der Waals surface area contributed by atoms with E-state index >= 15 is 4.39 Å². The number of hydrogen-bond acceptors (Lipinski definition) is 8. The molecule has 1 saturated heterocycles. The van der Waals surface area contributed by atoms with E-state index in [0.29, 0.717) is 41.0 Å². The molecule has 3 N–H and O–H groups in total. The predicted octanol–water partition coefficient (Wildman–Crippen LogP) is 5.96. The van der Waals surface area contributed by atoms with Gasteiger partial charge in [0.25, 0.3) is 0 Å². The van der Waals surface area contributed by atoms with Crippen LogP contribution in [0.4, 0.5) is 19.6 Å². The monoisotopic (exact) mass is 601 g/mol. The number of nitrogens with two attached hydrogens (primary N) is 1. The van der Waals surface area contributed by atoms with Crippen LogP contribution in [0.15, 0.2) is 36.4 Å². The molecule has 2 aliphatic rings. The summed E-state index contributed by atoms with van der Waals surface area (Å²) in [6.45, 7) is 4.39. The number of aromatic nitrogens is 2. The number of pyridine rings is 1. The van der Waals surface area contributed by atoms with Crippen LogP contribution >= 0.6 is 22.9 Å². The van der Waals surface area contributed by atoms with Crippen LogP contribution in [0, 0.1) is 23.0 Å². The Morgan fingerprint density at radius 2 is 1.88 bits per heavy atom. The van der Waals surface area contributed by atoms with Crippen LogP contribution in [0.2, 0.25) is 5.02 Å². The molecule has 2 aliphatic heterocycles. The minimum Gasteiger partial charge on any atom is -0.375 e. The average Bonchev–Trinajstić information content (AvgIpc) is 3.40. The van der Waals surface area contributed by atoms with Gasteiger partial charge in [-0.25, -0.2) is 18.7 Å². The van der Waals surface area contributed by atoms with E-state index in [9.17, 15) is 9.65 Å². The first-order valence-corrected chi connectivity index (χ1v) is 14.9. The number of nitrogens with zero attached hydrogens (tertiary/aromatic N) is 5. The van der Waals surface area contributed by atoms with E-state index in [1.165, 1.54) is 17.7 Å². The van der Waals surface area contributed by atoms with Gasteiger partial charge in [0.1, 0.15) is 23.0 Å². The molecule has 5 aromatic rings. The van der Waals surface area contributed by atoms with Gasteiger partial charge >= 0.3 is 0 Å². The maximum absolute atomic E-state index is 16.9. The molecule has 0 amide bonds. The van der Waals surface area contributed by atoms with Crippen molar-refractivity contribution in [2.24, 2.45) is 0 Å². The SMILES string of the molecule is CN1CCc2c(cccc2-c2nc3c(F)c(-c4ccc(F)c5sc(N)nc45)c(Cl)cc3c(N3CCNCC3)c2C#N)C1. The number of likely N-dealkylation sites (N-methyl/N-ethyl adjacent to an activating group) is 1. The summed E-state index contributed by atoms with van der Waals surface area (Å²) in [5, 5.41) is 14.7. The van der Waals surface area contributed by atoms with Crippen LogP contribution in [0.25, 0.3) is 43.5 Å². The van der Waals surface area contributed by atoms with Gasteiger partial charge in [-0.15, -0.1) is 0 Å². The van der Waals surface area contributed by atoms with Gasteiger partial charge < -0.3 is 20.9 Å². The van der Waals surface area contributed by atoms with E-state index in [1.54, 1.807) is 6.07 Å². The lowest BCUT2D eigenvalue weighted by atomic mass is 9.90. The summed E-state index contributed by atoms with van der Waals surface area (Å²) in [7, 11) is 2.08. The van der Waals surface area contributed by atoms with Gasteiger partial charge in [-0.1, -0.05) is 41.1 Å². The fraction of sp³-hybridized carbons (Fsp3) is 0.258. The van der Waals surface area contributed by atoms with Crippen molar-refractivity contribution in [3.8, 4) is 28.5 Å². The highest BCUT2D eigenvalue weighted by molar-refractivity contribution is 7.22. The predicted molar refractivity (Wildman–Crippen MR) is 165 cm³/mol. The largest absolute Gasteiger partial charge is 0.375 e. The van der Waals surface area contributed by atoms with E-state index in [2.05, 4.69) is 39.3 Å². The molecule has 2 aromatic heterocycles. The number of thiazole rings is 1. The third-order valence-corrected chi connectivity index (χ3v) is 9.37. The number of anilines is 2. The zero-order valence-electron chi connectivity index (χ0n) is 22.8. The average molecular weight is 602 g/mol. The highest BCUT2D eigenvalue weighted by Crippen LogP contribution is 2.45. The smallest absolute Gasteiger partial charge is 0.181 e. The first-order valence-electron chi connectivity index (χ1n) is 13.7. The number of rotatable bonds is 3. The molecule has 0 spiro atoms. The van der Waals surface area contributed by atoms with Crippen molar-refractivity contribution in [3.63, 3.8) is 0 Å². The number of benzene rings is 3. The Hall–Kier alpha value is -3.88. The molecule has 7 nitrogen and oxygen atoms in total. The summed E-state index contributed by atoms with van der Waals surface area (Å²) in [4.78, 5) is 13.6. The number of fused-ring (bicyclic) bond motifs is 3. The second kappa shape index (κ2) is 10.4. The van der Waals surface area contributed by atoms with E-state index in [1.807, 2.05) is 12.1 Å². The Bertz CT molecular complexity index is 1940. The summed E-state index contributed by atoms with van der Waals surface area (Å²) >= 11 is 7.83. The third kappa shape index (κ3) is 4.27. The fourth-order valence-corrected chi connectivity index (χ4v) is 7.30. The molecule has 7 rings (SSSR count). The molecule has 3 aromatic carbocycles. The Balaban J connectivity index is 1.56. The topological polar surface area (TPSA) is 94.1 Å². The number of hydrogen-bond donors (Lipinski definition) is 2. The Morgan fingerprint density at radius 1 is 1.07 bits per heavy atom. The highest BCUT2D eigenvalue weighted by Gasteiger charge is 2.29. The Kier molecular flexibility index (Phi) is 6.71. The standard InChI is InChI=1S/C31H26ClF2N7S/c1-40-10-7-17-16(15-40)3-2-4-18(17)26-21(14-35)29(41-11-8-37-9-12-41)20-13-22(32)24(25(34)27(20)38-26)19-5-6-23(33)30-28(19)39-31(36)42-30/h2-6,13,37H,7-12,15H2,1H3,(H2,36,39). The summed E-state index contributed by atoms with van der Waals surface area (Å²) in [5.41, 5.74) is 11.3. The molecule has 0 saturated carbocycles. The lowest BCUT2D eigenvalue weighted by molar-refractivity contribution is 0.313. The van der Waals surface area contributed by atoms with Gasteiger partial charge in [0.2, 0.25) is 0 Å². The molecular formula is C31H26ClF2N7S. The Morgan fingerprint density at radius 3 is 2.67 bits per heavy atom. The van der Waals surface area contributed by atoms with Gasteiger partial charge in [0.05, 0.1) is 26.6 Å². The van der Waals surface area contributed by atoms with Gasteiger partial charge in [-0.2, -0.15) is 5.26 Å². The maximum Gasteiger partial charge on any atom is 0.181 e. The van der Waals surface area contributed by atoms with Crippen LogP contribution in [-0.2, 0) is 13.0 Å². The zero-order chi connectivity index (χ0) is 29.1. The molecule has 42 heavy (non-hydrogen) atoms. The quantitative estimate of drug-likeness (QED) is 0.263. The molecule has 11 heteroatoms. The minimum absolute atomic E-state index is 0.0746. The van der Waals surface area contributed by atoms with E-state index in [0.717, 1.165) is 55.1 Å². The van der Waals surface area contributed by atoms with Crippen LogP contribution in [0.1, 0.15) is 16.7 Å². The van der Waals surface area contributed by atoms with E-state index in [4.69, 9.17) is 22.3 Å². The summed E-state index contributed by atoms with van der Waals surface area (Å²) in [6.07, 6.45) is 0.794. The molecule has 0 unspecified atom stereocenters. The first-order chi connectivity index (χ1) is 20.4. The first kappa shape index (κ1) is 27.0. The highest BCUT2D eigenvalue weighted by atomic mass is 35.5. The molecule has 0 radical (unpaired) electrons. The number of nitrogen functional groups attached to an aromatic ring is 1. The maximum atomic E-state index is 16.9. The zero-order valence-corrected chi connectivity index (χ0v) is 24.3. The van der Waals surface area contributed by atoms with Crippen LogP contribution in [-0.4, -0.2) is 54.6 Å². The number of nitrogens with one attached hydrogen (secondary N) is 1. The van der Waals surface area contributed by atoms with Crippen molar-refractivity contribution >= 4 is 54.9 Å². The fourth-order valence-electron chi connectivity index (χ4n) is 6.24. The molecule has 0 atom stereocenters. The van der Waals surface area contributed by atoms with E-state index in [-0.39, 0.29) is 31.5 Å². The van der Waals surface area contributed by atoms with Crippen molar-refractivity contribution < 1.29 is 8.78 Å². The van der Waals surface area contributed by atoms with Gasteiger partial charge in [0.15, 0.2) is 10.9 Å². The lowest BCUT2D eigenvalue weighted by Gasteiger charge is -2.32. The molecule has 0 aliphatic carbocycles. The summed E-state index contributed by atoms with van der Waals surface area (Å²) < 4.78 is 31.8. The Labute approximate surface area is 250 Å². The molecule has 1 fully saturated rings. The van der Waals surface area contributed by atoms with Gasteiger partial charge in [-0.3, -0.25) is 0 Å². The number of halogens is 3. The van der Waals surface area contributed by atoms with E-state index < -0.39 is 11.6 Å². The lowest BCUT2D eigenvalue weighted by Crippen LogP contribution is -2.44. The molecule has 0 bridgehead atoms. The van der Waals surface area contributed by atoms with Gasteiger partial charge in [-0.05, 0) is 42.8 Å². The van der Waals surface area contributed by atoms with Crippen molar-refractivity contribution in [1.29, 1.82) is 5.26 Å². The molecule has 212 valence electrons. The molecule has 4 heterocycles. The van der Waals surface area contributed by atoms with Crippen molar-refractivity contribution in [1.82, 2.24) is 20.2 Å². The van der Waals surface area contributed by atoms with Crippen LogP contribution in [0.5, 0.6) is 0 Å². The summed E-state index contributed by atoms with van der Waals surface area (Å²) in [5.74, 6) is -1.14. The number of nitriles is 1. The van der Waals surface area contributed by atoms with Crippen LogP contribution in [0.3, 0.4) is 0 Å². The normalized spacial score (nSPS) is 15.7. The third-order valence-electron chi connectivity index (χ3n) is 8.18. The molecular weight excluding hydrogens is 576 g/mol. The minimum atomic E-state index is -0.649. The van der Waals surface area contributed by atoms with Crippen molar-refractivity contribution in [2.75, 3.05) is 50.4 Å². The van der Waals surface area contributed by atoms with Crippen molar-refractivity contribution in [2.45, 2.75) is 13.0 Å². The van der Waals surface area contributed by atoms with Crippen LogP contribution < -0.4 is 16.0 Å².